The summed E-state index contributed by atoms with van der Waals surface area (Å²) < 4.78 is 5.83. The molecule has 3 rings (SSSR count). The molecule has 1 aromatic heterocycles. The van der Waals surface area contributed by atoms with Crippen molar-refractivity contribution in [3.05, 3.63) is 47.5 Å². The Morgan fingerprint density at radius 3 is 1.95 bits per heavy atom. The number of ether oxygens (including phenoxy) is 1. The van der Waals surface area contributed by atoms with Crippen molar-refractivity contribution >= 4 is 5.95 Å². The molecule has 1 heterocycles. The molecule has 3 aromatic rings. The van der Waals surface area contributed by atoms with Gasteiger partial charge in [0, 0.05) is 11.6 Å². The normalized spacial score (nSPS) is 11.2. The molecule has 39 heavy (non-hydrogen) atoms. The predicted octanol–water partition coefficient (Wildman–Crippen LogP) is 8.70. The topological polar surface area (TPSA) is 94.2 Å². The average molecular weight is 533 g/mol. The van der Waals surface area contributed by atoms with E-state index < -0.39 is 0 Å². The molecule has 0 radical (unpaired) electrons. The van der Waals surface area contributed by atoms with Gasteiger partial charge >= 0.3 is 0 Å². The lowest BCUT2D eigenvalue weighted by atomic mass is 9.95. The van der Waals surface area contributed by atoms with Crippen molar-refractivity contribution < 1.29 is 9.84 Å². The number of hydrogen-bond donors (Lipinski definition) is 2. The van der Waals surface area contributed by atoms with Gasteiger partial charge in [-0.2, -0.15) is 9.97 Å². The van der Waals surface area contributed by atoms with Crippen molar-refractivity contribution in [3.63, 3.8) is 0 Å². The van der Waals surface area contributed by atoms with Crippen LogP contribution in [0, 0.1) is 0 Å². The standard InChI is InChI=1S/C33H48N4O2/c1-4-7-10-13-16-25-18-20-28(26(23-25)17-14-11-8-5-2)31-35-32(37-33(34)36-31)29-21-19-27(24-30(29)38)39-22-15-12-9-6-3/h18-21,23-24,38H,4-17,22H2,1-3H3,(H2,34,35,36,37). The third kappa shape index (κ3) is 9.83. The third-order valence-electron chi connectivity index (χ3n) is 7.16. The lowest BCUT2D eigenvalue weighted by Gasteiger charge is -2.13. The summed E-state index contributed by atoms with van der Waals surface area (Å²) in [7, 11) is 0. The minimum absolute atomic E-state index is 0.0693. The highest BCUT2D eigenvalue weighted by Crippen LogP contribution is 2.33. The van der Waals surface area contributed by atoms with Gasteiger partial charge in [0.1, 0.15) is 11.5 Å². The second-order valence-corrected chi connectivity index (χ2v) is 10.5. The fourth-order valence-electron chi connectivity index (χ4n) is 4.87. The Hall–Kier alpha value is -3.15. The number of rotatable bonds is 18. The molecule has 6 nitrogen and oxygen atoms in total. The highest BCUT2D eigenvalue weighted by atomic mass is 16.5. The SMILES string of the molecule is CCCCCCOc1ccc(-c2nc(N)nc(-c3ccc(CCCCCC)cc3CCCCCC)n2)c(O)c1. The summed E-state index contributed by atoms with van der Waals surface area (Å²) >= 11 is 0. The van der Waals surface area contributed by atoms with Crippen molar-refractivity contribution in [2.75, 3.05) is 12.3 Å². The summed E-state index contributed by atoms with van der Waals surface area (Å²) in [4.78, 5) is 13.7. The van der Waals surface area contributed by atoms with Crippen LogP contribution in [0.5, 0.6) is 11.5 Å². The van der Waals surface area contributed by atoms with Crippen molar-refractivity contribution in [3.8, 4) is 34.3 Å². The molecule has 0 amide bonds. The maximum absolute atomic E-state index is 10.8. The molecule has 3 N–H and O–H groups in total. The lowest BCUT2D eigenvalue weighted by Crippen LogP contribution is -2.04. The maximum Gasteiger partial charge on any atom is 0.224 e. The molecule has 0 aliphatic rings. The van der Waals surface area contributed by atoms with E-state index in [1.54, 1.807) is 12.1 Å². The molecule has 0 bridgehead atoms. The molecule has 0 fully saturated rings. The third-order valence-corrected chi connectivity index (χ3v) is 7.16. The van der Waals surface area contributed by atoms with E-state index in [1.807, 2.05) is 6.07 Å². The Morgan fingerprint density at radius 2 is 1.28 bits per heavy atom. The predicted molar refractivity (Wildman–Crippen MR) is 162 cm³/mol. The van der Waals surface area contributed by atoms with Gasteiger partial charge < -0.3 is 15.6 Å². The van der Waals surface area contributed by atoms with Crippen molar-refractivity contribution in [1.29, 1.82) is 0 Å². The second kappa shape index (κ2) is 16.7. The van der Waals surface area contributed by atoms with E-state index in [9.17, 15) is 5.11 Å². The van der Waals surface area contributed by atoms with Crippen LogP contribution in [0.1, 0.15) is 109 Å². The summed E-state index contributed by atoms with van der Waals surface area (Å²) in [5.74, 6) is 1.77. The van der Waals surface area contributed by atoms with E-state index in [0.29, 0.717) is 29.6 Å². The van der Waals surface area contributed by atoms with E-state index >= 15 is 0 Å². The molecule has 0 unspecified atom stereocenters. The minimum Gasteiger partial charge on any atom is -0.507 e. The number of phenolic OH excluding ortho intramolecular Hbond substituents is 1. The number of nitrogens with two attached hydrogens (primary N) is 1. The number of aromatic nitrogens is 3. The van der Waals surface area contributed by atoms with Crippen LogP contribution in [-0.4, -0.2) is 26.7 Å². The molecular formula is C33H48N4O2. The Labute approximate surface area is 235 Å². The Kier molecular flexibility index (Phi) is 13.0. The molecule has 0 atom stereocenters. The molecule has 0 aliphatic carbocycles. The molecule has 2 aromatic carbocycles. The molecule has 212 valence electrons. The van der Waals surface area contributed by atoms with Gasteiger partial charge in [0.05, 0.1) is 12.2 Å². The highest BCUT2D eigenvalue weighted by Gasteiger charge is 2.16. The average Bonchev–Trinajstić information content (AvgIpc) is 2.93. The lowest BCUT2D eigenvalue weighted by molar-refractivity contribution is 0.303. The number of phenols is 1. The van der Waals surface area contributed by atoms with Gasteiger partial charge in [-0.25, -0.2) is 4.98 Å². The maximum atomic E-state index is 10.8. The molecule has 0 saturated heterocycles. The van der Waals surface area contributed by atoms with Crippen LogP contribution >= 0.6 is 0 Å². The number of anilines is 1. The number of aryl methyl sites for hydroxylation is 2. The Balaban J connectivity index is 1.84. The fourth-order valence-corrected chi connectivity index (χ4v) is 4.87. The first-order valence-corrected chi connectivity index (χ1v) is 15.2. The summed E-state index contributed by atoms with van der Waals surface area (Å²) in [6.45, 7) is 7.31. The zero-order chi connectivity index (χ0) is 27.9. The second-order valence-electron chi connectivity index (χ2n) is 10.5. The molecule has 0 saturated carbocycles. The van der Waals surface area contributed by atoms with Crippen LogP contribution in [0.4, 0.5) is 5.95 Å². The van der Waals surface area contributed by atoms with Crippen LogP contribution in [0.3, 0.4) is 0 Å². The quantitative estimate of drug-likeness (QED) is 0.159. The summed E-state index contributed by atoms with van der Waals surface area (Å²) in [5, 5.41) is 10.8. The number of nitrogens with zero attached hydrogens (tertiary/aromatic N) is 3. The molecule has 0 spiro atoms. The number of unbranched alkanes of at least 4 members (excludes halogenated alkanes) is 9. The van der Waals surface area contributed by atoms with Crippen LogP contribution in [0.2, 0.25) is 0 Å². The van der Waals surface area contributed by atoms with Crippen LogP contribution in [0.25, 0.3) is 22.8 Å². The van der Waals surface area contributed by atoms with Gasteiger partial charge in [-0.15, -0.1) is 0 Å². The van der Waals surface area contributed by atoms with E-state index in [1.165, 1.54) is 68.9 Å². The van der Waals surface area contributed by atoms with Gasteiger partial charge in [-0.3, -0.25) is 0 Å². The van der Waals surface area contributed by atoms with Crippen LogP contribution < -0.4 is 10.5 Å². The van der Waals surface area contributed by atoms with Gasteiger partial charge in [-0.05, 0) is 55.4 Å². The molecule has 0 aliphatic heterocycles. The van der Waals surface area contributed by atoms with Crippen LogP contribution in [-0.2, 0) is 12.8 Å². The first-order chi connectivity index (χ1) is 19.0. The van der Waals surface area contributed by atoms with E-state index in [2.05, 4.69) is 48.9 Å². The smallest absolute Gasteiger partial charge is 0.224 e. The zero-order valence-corrected chi connectivity index (χ0v) is 24.3. The zero-order valence-electron chi connectivity index (χ0n) is 24.3. The van der Waals surface area contributed by atoms with Gasteiger partial charge in [0.15, 0.2) is 11.6 Å². The van der Waals surface area contributed by atoms with E-state index in [0.717, 1.165) is 37.7 Å². The summed E-state index contributed by atoms with van der Waals surface area (Å²) in [6.07, 6.45) is 16.4. The number of aromatic hydroxyl groups is 1. The van der Waals surface area contributed by atoms with Crippen molar-refractivity contribution in [2.45, 2.75) is 111 Å². The number of benzene rings is 2. The minimum atomic E-state index is 0.0693. The molecule has 6 heteroatoms. The summed E-state index contributed by atoms with van der Waals surface area (Å²) in [6, 6.07) is 11.9. The van der Waals surface area contributed by atoms with Crippen molar-refractivity contribution in [1.82, 2.24) is 15.0 Å². The summed E-state index contributed by atoms with van der Waals surface area (Å²) in [5.41, 5.74) is 10.3. The van der Waals surface area contributed by atoms with Crippen LogP contribution in [0.15, 0.2) is 36.4 Å². The van der Waals surface area contributed by atoms with E-state index in [-0.39, 0.29) is 11.7 Å². The highest BCUT2D eigenvalue weighted by molar-refractivity contribution is 5.69. The number of nitrogen functional groups attached to an aromatic ring is 1. The monoisotopic (exact) mass is 532 g/mol. The Morgan fingerprint density at radius 1 is 0.667 bits per heavy atom. The van der Waals surface area contributed by atoms with Gasteiger partial charge in [0.25, 0.3) is 0 Å². The van der Waals surface area contributed by atoms with Gasteiger partial charge in [0.2, 0.25) is 5.95 Å². The van der Waals surface area contributed by atoms with Crippen molar-refractivity contribution in [2.24, 2.45) is 0 Å². The Bertz CT molecular complexity index is 1150. The largest absolute Gasteiger partial charge is 0.507 e. The number of hydrogen-bond acceptors (Lipinski definition) is 6. The first kappa shape index (κ1) is 30.4. The fraction of sp³-hybridized carbons (Fsp3) is 0.545. The molecular weight excluding hydrogens is 484 g/mol. The first-order valence-electron chi connectivity index (χ1n) is 15.2. The van der Waals surface area contributed by atoms with Gasteiger partial charge in [-0.1, -0.05) is 96.8 Å². The van der Waals surface area contributed by atoms with E-state index in [4.69, 9.17) is 15.5 Å².